The minimum absolute atomic E-state index is 0.274. The Kier molecular flexibility index (Phi) is 5.96. The van der Waals surface area contributed by atoms with E-state index in [1.807, 2.05) is 24.3 Å². The number of rotatable bonds is 7. The lowest BCUT2D eigenvalue weighted by atomic mass is 10.2. The average molecular weight is 379 g/mol. The number of carbonyl (C=O) groups excluding carboxylic acids is 1. The van der Waals surface area contributed by atoms with E-state index in [-0.39, 0.29) is 5.91 Å². The summed E-state index contributed by atoms with van der Waals surface area (Å²) < 4.78 is 15.8. The van der Waals surface area contributed by atoms with Crippen molar-refractivity contribution >= 4 is 23.1 Å². The van der Waals surface area contributed by atoms with E-state index in [0.29, 0.717) is 34.3 Å². The number of carbonyl (C=O) groups is 1. The number of pyridine rings is 1. The average Bonchev–Trinajstić information content (AvgIpc) is 2.74. The summed E-state index contributed by atoms with van der Waals surface area (Å²) in [5.74, 6) is 2.17. The fourth-order valence-corrected chi connectivity index (χ4v) is 2.61. The van der Waals surface area contributed by atoms with Crippen molar-refractivity contribution in [3.8, 4) is 17.2 Å². The van der Waals surface area contributed by atoms with Crippen LogP contribution in [-0.2, 0) is 0 Å². The van der Waals surface area contributed by atoms with E-state index in [1.54, 1.807) is 51.7 Å². The van der Waals surface area contributed by atoms with E-state index in [1.165, 1.54) is 6.20 Å². The second-order valence-corrected chi connectivity index (χ2v) is 5.78. The second-order valence-electron chi connectivity index (χ2n) is 5.78. The normalized spacial score (nSPS) is 10.1. The van der Waals surface area contributed by atoms with Gasteiger partial charge in [0.25, 0.3) is 5.91 Å². The molecule has 0 aliphatic carbocycles. The molecule has 1 aromatic heterocycles. The Labute approximate surface area is 163 Å². The van der Waals surface area contributed by atoms with Crippen LogP contribution in [0.1, 0.15) is 10.4 Å². The molecule has 0 saturated carbocycles. The first-order valence-corrected chi connectivity index (χ1v) is 8.54. The highest BCUT2D eigenvalue weighted by Crippen LogP contribution is 2.30. The van der Waals surface area contributed by atoms with Crippen molar-refractivity contribution in [2.24, 2.45) is 0 Å². The molecule has 3 rings (SSSR count). The van der Waals surface area contributed by atoms with Crippen LogP contribution in [0.5, 0.6) is 17.2 Å². The molecule has 2 N–H and O–H groups in total. The van der Waals surface area contributed by atoms with Gasteiger partial charge in [0.2, 0.25) is 0 Å². The molecule has 0 fully saturated rings. The van der Waals surface area contributed by atoms with Crippen LogP contribution in [-0.4, -0.2) is 32.2 Å². The summed E-state index contributed by atoms with van der Waals surface area (Å²) in [4.78, 5) is 16.8. The van der Waals surface area contributed by atoms with E-state index in [0.717, 1.165) is 5.69 Å². The number of aromatic nitrogens is 1. The molecule has 3 aromatic rings. The quantitative estimate of drug-likeness (QED) is 0.643. The molecule has 0 radical (unpaired) electrons. The Morgan fingerprint density at radius 2 is 1.61 bits per heavy atom. The molecule has 0 bridgehead atoms. The molecule has 0 atom stereocenters. The second kappa shape index (κ2) is 8.77. The van der Waals surface area contributed by atoms with Crippen molar-refractivity contribution < 1.29 is 19.0 Å². The van der Waals surface area contributed by atoms with Crippen molar-refractivity contribution in [1.29, 1.82) is 0 Å². The summed E-state index contributed by atoms with van der Waals surface area (Å²) >= 11 is 0. The molecule has 7 nitrogen and oxygen atoms in total. The van der Waals surface area contributed by atoms with Crippen molar-refractivity contribution in [3.05, 3.63) is 66.4 Å². The lowest BCUT2D eigenvalue weighted by Crippen LogP contribution is -2.12. The highest BCUT2D eigenvalue weighted by Gasteiger charge is 2.10. The first-order valence-electron chi connectivity index (χ1n) is 8.54. The van der Waals surface area contributed by atoms with Crippen LogP contribution in [0.3, 0.4) is 0 Å². The van der Waals surface area contributed by atoms with Crippen LogP contribution < -0.4 is 24.8 Å². The SMILES string of the molecule is COc1ccccc1Nc1ccc(C(=O)Nc2ccc(OC)c(OC)c2)cn1. The van der Waals surface area contributed by atoms with Crippen LogP contribution >= 0.6 is 0 Å². The van der Waals surface area contributed by atoms with Gasteiger partial charge in [0.1, 0.15) is 11.6 Å². The van der Waals surface area contributed by atoms with E-state index in [4.69, 9.17) is 14.2 Å². The summed E-state index contributed by atoms with van der Waals surface area (Å²) in [6, 6.07) is 16.1. The molecule has 1 heterocycles. The maximum absolute atomic E-state index is 12.5. The van der Waals surface area contributed by atoms with E-state index in [2.05, 4.69) is 15.6 Å². The molecule has 0 spiro atoms. The summed E-state index contributed by atoms with van der Waals surface area (Å²) in [6.45, 7) is 0. The topological polar surface area (TPSA) is 81.7 Å². The van der Waals surface area contributed by atoms with E-state index < -0.39 is 0 Å². The highest BCUT2D eigenvalue weighted by molar-refractivity contribution is 6.04. The van der Waals surface area contributed by atoms with Gasteiger partial charge in [-0.1, -0.05) is 12.1 Å². The van der Waals surface area contributed by atoms with Gasteiger partial charge in [-0.3, -0.25) is 4.79 Å². The lowest BCUT2D eigenvalue weighted by molar-refractivity contribution is 0.102. The first kappa shape index (κ1) is 19.0. The molecular formula is C21H21N3O4. The Bertz CT molecular complexity index is 958. The smallest absolute Gasteiger partial charge is 0.257 e. The zero-order valence-electron chi connectivity index (χ0n) is 15.9. The minimum atomic E-state index is -0.274. The van der Waals surface area contributed by atoms with Gasteiger partial charge in [-0.15, -0.1) is 0 Å². The number of hydrogen-bond acceptors (Lipinski definition) is 6. The molecular weight excluding hydrogens is 358 g/mol. The fraction of sp³-hybridized carbons (Fsp3) is 0.143. The molecule has 28 heavy (non-hydrogen) atoms. The summed E-state index contributed by atoms with van der Waals surface area (Å²) in [7, 11) is 4.71. The van der Waals surface area contributed by atoms with Crippen molar-refractivity contribution in [1.82, 2.24) is 4.98 Å². The van der Waals surface area contributed by atoms with Crippen LogP contribution in [0.2, 0.25) is 0 Å². The number of para-hydroxylation sites is 2. The van der Waals surface area contributed by atoms with Crippen molar-refractivity contribution in [2.45, 2.75) is 0 Å². The molecule has 1 amide bonds. The Balaban J connectivity index is 1.70. The molecule has 0 aliphatic heterocycles. The van der Waals surface area contributed by atoms with Gasteiger partial charge in [-0.2, -0.15) is 0 Å². The van der Waals surface area contributed by atoms with E-state index >= 15 is 0 Å². The number of benzene rings is 2. The number of ether oxygens (including phenoxy) is 3. The van der Waals surface area contributed by atoms with Gasteiger partial charge in [-0.05, 0) is 36.4 Å². The van der Waals surface area contributed by atoms with Crippen LogP contribution in [0.4, 0.5) is 17.2 Å². The third-order valence-electron chi connectivity index (χ3n) is 4.04. The number of anilines is 3. The maximum Gasteiger partial charge on any atom is 0.257 e. The number of hydrogen-bond donors (Lipinski definition) is 2. The van der Waals surface area contributed by atoms with Gasteiger partial charge >= 0.3 is 0 Å². The van der Waals surface area contributed by atoms with Crippen LogP contribution in [0.25, 0.3) is 0 Å². The van der Waals surface area contributed by atoms with Gasteiger partial charge in [0.15, 0.2) is 11.5 Å². The number of nitrogens with zero attached hydrogens (tertiary/aromatic N) is 1. The molecule has 0 saturated heterocycles. The standard InChI is InChI=1S/C21H21N3O4/c1-26-17-7-5-4-6-16(17)24-20-11-8-14(13-22-20)21(25)23-15-9-10-18(27-2)19(12-15)28-3/h4-13H,1-3H3,(H,22,24)(H,23,25). The highest BCUT2D eigenvalue weighted by atomic mass is 16.5. The zero-order chi connectivity index (χ0) is 19.9. The predicted octanol–water partition coefficient (Wildman–Crippen LogP) is 4.10. The van der Waals surface area contributed by atoms with Crippen molar-refractivity contribution in [2.75, 3.05) is 32.0 Å². The summed E-state index contributed by atoms with van der Waals surface area (Å²) in [5, 5.41) is 5.99. The third-order valence-corrected chi connectivity index (χ3v) is 4.04. The summed E-state index contributed by atoms with van der Waals surface area (Å²) in [5.41, 5.74) is 1.82. The number of methoxy groups -OCH3 is 3. The monoisotopic (exact) mass is 379 g/mol. The van der Waals surface area contributed by atoms with Gasteiger partial charge in [0.05, 0.1) is 32.6 Å². The molecule has 144 valence electrons. The van der Waals surface area contributed by atoms with Crippen LogP contribution in [0.15, 0.2) is 60.8 Å². The lowest BCUT2D eigenvalue weighted by Gasteiger charge is -2.11. The van der Waals surface area contributed by atoms with Gasteiger partial charge < -0.3 is 24.8 Å². The van der Waals surface area contributed by atoms with Crippen LogP contribution in [0, 0.1) is 0 Å². The number of amides is 1. The molecule has 7 heteroatoms. The molecule has 0 unspecified atom stereocenters. The number of nitrogens with one attached hydrogen (secondary N) is 2. The minimum Gasteiger partial charge on any atom is -0.495 e. The maximum atomic E-state index is 12.5. The Hall–Kier alpha value is -3.74. The molecule has 0 aliphatic rings. The third kappa shape index (κ3) is 4.32. The molecule has 2 aromatic carbocycles. The van der Waals surface area contributed by atoms with E-state index in [9.17, 15) is 4.79 Å². The summed E-state index contributed by atoms with van der Waals surface area (Å²) in [6.07, 6.45) is 1.51. The van der Waals surface area contributed by atoms with Gasteiger partial charge in [0, 0.05) is 18.0 Å². The first-order chi connectivity index (χ1) is 13.6. The largest absolute Gasteiger partial charge is 0.495 e. The van der Waals surface area contributed by atoms with Crippen molar-refractivity contribution in [3.63, 3.8) is 0 Å². The fourth-order valence-electron chi connectivity index (χ4n) is 2.61. The Morgan fingerprint density at radius 1 is 0.857 bits per heavy atom. The van der Waals surface area contributed by atoms with Gasteiger partial charge in [-0.25, -0.2) is 4.98 Å². The Morgan fingerprint density at radius 3 is 2.29 bits per heavy atom. The predicted molar refractivity (Wildman–Crippen MR) is 108 cm³/mol. The zero-order valence-corrected chi connectivity index (χ0v) is 15.9.